The fraction of sp³-hybridized carbons (Fsp3) is 0.318. The number of fused-ring (bicyclic) bond motifs is 1. The largest absolute Gasteiger partial charge is 0.468 e. The zero-order valence-corrected chi connectivity index (χ0v) is 21.6. The van der Waals surface area contributed by atoms with Crippen LogP contribution in [0.1, 0.15) is 12.8 Å². The van der Waals surface area contributed by atoms with Crippen LogP contribution >= 0.6 is 34.7 Å². The SMILES string of the molecule is COC(=O)Cn1c(=NC(=O)C2CCCN2S(=O)(=O)c2ccc(Cl)cc2)sc2cc(SC)ccc21. The minimum Gasteiger partial charge on any atom is -0.468 e. The molecule has 1 amide bonds. The quantitative estimate of drug-likeness (QED) is 0.351. The van der Waals surface area contributed by atoms with Crippen LogP contribution < -0.4 is 4.80 Å². The number of amides is 1. The van der Waals surface area contributed by atoms with Gasteiger partial charge in [0.1, 0.15) is 12.6 Å². The van der Waals surface area contributed by atoms with Crippen molar-refractivity contribution in [2.24, 2.45) is 4.99 Å². The zero-order valence-electron chi connectivity index (χ0n) is 18.4. The van der Waals surface area contributed by atoms with E-state index in [2.05, 4.69) is 4.99 Å². The van der Waals surface area contributed by atoms with Gasteiger partial charge in [0.25, 0.3) is 5.91 Å². The van der Waals surface area contributed by atoms with Crippen LogP contribution in [0.15, 0.2) is 57.2 Å². The molecule has 180 valence electrons. The number of thiazole rings is 1. The predicted molar refractivity (Wildman–Crippen MR) is 133 cm³/mol. The van der Waals surface area contributed by atoms with Crippen LogP contribution in [-0.2, 0) is 30.9 Å². The molecule has 2 aromatic carbocycles. The lowest BCUT2D eigenvalue weighted by molar-refractivity contribution is -0.141. The Kier molecular flexibility index (Phi) is 7.48. The molecule has 3 aromatic rings. The summed E-state index contributed by atoms with van der Waals surface area (Å²) in [5.74, 6) is -1.04. The number of rotatable bonds is 6. The summed E-state index contributed by atoms with van der Waals surface area (Å²) in [4.78, 5) is 31.0. The second kappa shape index (κ2) is 10.2. The van der Waals surface area contributed by atoms with E-state index in [0.717, 1.165) is 15.1 Å². The van der Waals surface area contributed by atoms with Crippen molar-refractivity contribution in [2.75, 3.05) is 19.9 Å². The van der Waals surface area contributed by atoms with E-state index in [1.807, 2.05) is 24.5 Å². The fourth-order valence-electron chi connectivity index (χ4n) is 3.80. The molecule has 1 fully saturated rings. The van der Waals surface area contributed by atoms with Crippen molar-refractivity contribution in [1.82, 2.24) is 8.87 Å². The number of ether oxygens (including phenoxy) is 1. The van der Waals surface area contributed by atoms with Crippen LogP contribution in [0.4, 0.5) is 0 Å². The first-order valence-electron chi connectivity index (χ1n) is 10.3. The van der Waals surface area contributed by atoms with Crippen LogP contribution in [0.25, 0.3) is 10.2 Å². The minimum atomic E-state index is -3.90. The van der Waals surface area contributed by atoms with Crippen LogP contribution in [-0.4, -0.2) is 55.1 Å². The van der Waals surface area contributed by atoms with Gasteiger partial charge in [-0.3, -0.25) is 9.59 Å². The molecule has 12 heteroatoms. The highest BCUT2D eigenvalue weighted by molar-refractivity contribution is 7.98. The molecule has 1 unspecified atom stereocenters. The molecular weight excluding hydrogens is 518 g/mol. The number of esters is 1. The second-order valence-electron chi connectivity index (χ2n) is 7.56. The van der Waals surface area contributed by atoms with Crippen LogP contribution in [0.2, 0.25) is 5.02 Å². The van der Waals surface area contributed by atoms with Gasteiger partial charge in [0.2, 0.25) is 10.0 Å². The summed E-state index contributed by atoms with van der Waals surface area (Å²) in [5.41, 5.74) is 0.747. The Labute approximate surface area is 210 Å². The number of carbonyl (C=O) groups excluding carboxylic acids is 2. The molecule has 0 aliphatic carbocycles. The van der Waals surface area contributed by atoms with Gasteiger partial charge in [-0.15, -0.1) is 11.8 Å². The molecule has 0 bridgehead atoms. The summed E-state index contributed by atoms with van der Waals surface area (Å²) in [6.45, 7) is 0.112. The first kappa shape index (κ1) is 24.9. The maximum Gasteiger partial charge on any atom is 0.325 e. The Balaban J connectivity index is 1.73. The Morgan fingerprint density at radius 1 is 1.24 bits per heavy atom. The predicted octanol–water partition coefficient (Wildman–Crippen LogP) is 3.53. The van der Waals surface area contributed by atoms with Gasteiger partial charge in [-0.1, -0.05) is 22.9 Å². The van der Waals surface area contributed by atoms with Crippen molar-refractivity contribution in [1.29, 1.82) is 0 Å². The highest BCUT2D eigenvalue weighted by Gasteiger charge is 2.39. The van der Waals surface area contributed by atoms with E-state index in [1.165, 1.54) is 47.0 Å². The topological polar surface area (TPSA) is 98.0 Å². The second-order valence-corrected chi connectivity index (χ2v) is 11.8. The fourth-order valence-corrected chi connectivity index (χ4v) is 7.16. The Morgan fingerprint density at radius 2 is 1.97 bits per heavy atom. The summed E-state index contributed by atoms with van der Waals surface area (Å²) in [6, 6.07) is 10.7. The van der Waals surface area contributed by atoms with Crippen molar-refractivity contribution in [3.63, 3.8) is 0 Å². The van der Waals surface area contributed by atoms with E-state index >= 15 is 0 Å². The Morgan fingerprint density at radius 3 is 2.65 bits per heavy atom. The number of carbonyl (C=O) groups is 2. The number of aromatic nitrogens is 1. The number of nitrogens with zero attached hydrogens (tertiary/aromatic N) is 3. The molecule has 1 saturated heterocycles. The van der Waals surface area contributed by atoms with Gasteiger partial charge < -0.3 is 9.30 Å². The van der Waals surface area contributed by atoms with Gasteiger partial charge in [0.05, 0.1) is 22.2 Å². The van der Waals surface area contributed by atoms with Gasteiger partial charge in [-0.05, 0) is 61.6 Å². The first-order chi connectivity index (χ1) is 16.2. The number of benzene rings is 2. The lowest BCUT2D eigenvalue weighted by Crippen LogP contribution is -2.40. The molecule has 34 heavy (non-hydrogen) atoms. The van der Waals surface area contributed by atoms with E-state index < -0.39 is 27.9 Å². The van der Waals surface area contributed by atoms with E-state index in [1.54, 1.807) is 16.3 Å². The number of hydrogen-bond donors (Lipinski definition) is 0. The Bertz CT molecular complexity index is 1410. The van der Waals surface area contributed by atoms with E-state index in [4.69, 9.17) is 16.3 Å². The van der Waals surface area contributed by atoms with Crippen molar-refractivity contribution in [2.45, 2.75) is 35.2 Å². The lowest BCUT2D eigenvalue weighted by atomic mass is 10.2. The zero-order chi connectivity index (χ0) is 24.5. The number of halogens is 1. The standard InChI is InChI=1S/C22H22ClN3O5S3/c1-31-20(27)13-25-17-10-7-15(32-2)12-19(17)33-22(25)24-21(28)18-4-3-11-26(18)34(29,30)16-8-5-14(23)6-9-16/h5-10,12,18H,3-4,11,13H2,1-2H3. The Hall–Kier alpha value is -2.18. The monoisotopic (exact) mass is 539 g/mol. The lowest BCUT2D eigenvalue weighted by Gasteiger charge is -2.21. The molecule has 2 heterocycles. The average Bonchev–Trinajstić information content (AvgIpc) is 3.45. The molecule has 4 rings (SSSR count). The van der Waals surface area contributed by atoms with Crippen molar-refractivity contribution < 1.29 is 22.7 Å². The van der Waals surface area contributed by atoms with E-state index in [0.29, 0.717) is 22.7 Å². The molecule has 0 radical (unpaired) electrons. The van der Waals surface area contributed by atoms with Gasteiger partial charge in [0.15, 0.2) is 4.80 Å². The maximum absolute atomic E-state index is 13.2. The van der Waals surface area contributed by atoms with Crippen molar-refractivity contribution >= 4 is 66.8 Å². The first-order valence-corrected chi connectivity index (χ1v) is 14.2. The minimum absolute atomic E-state index is 0.0730. The van der Waals surface area contributed by atoms with E-state index in [-0.39, 0.29) is 18.0 Å². The summed E-state index contributed by atoms with van der Waals surface area (Å²) >= 11 is 8.74. The van der Waals surface area contributed by atoms with Gasteiger partial charge in [-0.2, -0.15) is 9.30 Å². The summed E-state index contributed by atoms with van der Waals surface area (Å²) in [6.07, 6.45) is 2.87. The van der Waals surface area contributed by atoms with Gasteiger partial charge in [0, 0.05) is 16.5 Å². The molecule has 8 nitrogen and oxygen atoms in total. The molecule has 0 saturated carbocycles. The molecule has 0 spiro atoms. The number of hydrogen-bond acceptors (Lipinski definition) is 7. The normalized spacial score (nSPS) is 17.4. The van der Waals surface area contributed by atoms with Gasteiger partial charge >= 0.3 is 5.97 Å². The molecule has 1 aliphatic heterocycles. The van der Waals surface area contributed by atoms with Crippen molar-refractivity contribution in [3.8, 4) is 0 Å². The average molecular weight is 540 g/mol. The number of methoxy groups -OCH3 is 1. The molecule has 0 N–H and O–H groups in total. The summed E-state index contributed by atoms with van der Waals surface area (Å²) in [5, 5.41) is 0.424. The van der Waals surface area contributed by atoms with Gasteiger partial charge in [-0.25, -0.2) is 8.42 Å². The molecular formula is C22H22ClN3O5S3. The third-order valence-corrected chi connectivity index (χ3v) is 9.46. The number of thioether (sulfide) groups is 1. The van der Waals surface area contributed by atoms with E-state index in [9.17, 15) is 18.0 Å². The van der Waals surface area contributed by atoms with Crippen molar-refractivity contribution in [3.05, 3.63) is 52.3 Å². The highest BCUT2D eigenvalue weighted by Crippen LogP contribution is 2.28. The molecule has 1 aromatic heterocycles. The molecule has 1 atom stereocenters. The molecule has 1 aliphatic rings. The number of sulfonamides is 1. The third-order valence-electron chi connectivity index (χ3n) is 5.52. The summed E-state index contributed by atoms with van der Waals surface area (Å²) in [7, 11) is -2.60. The third kappa shape index (κ3) is 4.94. The van der Waals surface area contributed by atoms with Crippen LogP contribution in [0.5, 0.6) is 0 Å². The maximum atomic E-state index is 13.2. The smallest absolute Gasteiger partial charge is 0.325 e. The van der Waals surface area contributed by atoms with Crippen LogP contribution in [0, 0.1) is 0 Å². The summed E-state index contributed by atoms with van der Waals surface area (Å²) < 4.78 is 34.9. The van der Waals surface area contributed by atoms with Crippen LogP contribution in [0.3, 0.4) is 0 Å². The highest BCUT2D eigenvalue weighted by atomic mass is 35.5.